The van der Waals surface area contributed by atoms with E-state index < -0.39 is 0 Å². The molecule has 0 saturated carbocycles. The normalized spacial score (nSPS) is 12.4. The van der Waals surface area contributed by atoms with Crippen molar-refractivity contribution in [3.8, 4) is 0 Å². The van der Waals surface area contributed by atoms with Crippen LogP contribution in [-0.4, -0.2) is 7.05 Å². The fourth-order valence-corrected chi connectivity index (χ4v) is 2.74. The van der Waals surface area contributed by atoms with Crippen molar-refractivity contribution >= 4 is 23.2 Å². The molecule has 100 valence electrons. The maximum atomic E-state index is 13.7. The molecule has 0 radical (unpaired) electrons. The van der Waals surface area contributed by atoms with Crippen LogP contribution < -0.4 is 5.32 Å². The second-order valence-corrected chi connectivity index (χ2v) is 5.09. The minimum absolute atomic E-state index is 0.127. The number of benzene rings is 2. The summed E-state index contributed by atoms with van der Waals surface area (Å²) in [5.41, 5.74) is 1.44. The maximum Gasteiger partial charge on any atom is 0.126 e. The Morgan fingerprint density at radius 1 is 1.05 bits per heavy atom. The first-order valence-electron chi connectivity index (χ1n) is 5.98. The van der Waals surface area contributed by atoms with Crippen LogP contribution in [0.25, 0.3) is 0 Å². The third-order valence-electron chi connectivity index (χ3n) is 3.08. The lowest BCUT2D eigenvalue weighted by atomic mass is 9.98. The smallest absolute Gasteiger partial charge is 0.126 e. The molecule has 19 heavy (non-hydrogen) atoms. The molecule has 0 spiro atoms. The van der Waals surface area contributed by atoms with Crippen LogP contribution in [0.1, 0.15) is 17.2 Å². The number of likely N-dealkylation sites (N-methyl/N-ethyl adjacent to an activating group) is 1. The van der Waals surface area contributed by atoms with Gasteiger partial charge < -0.3 is 5.32 Å². The molecular formula is C15H14Cl2FN. The van der Waals surface area contributed by atoms with E-state index in [4.69, 9.17) is 23.2 Å². The average Bonchev–Trinajstić information content (AvgIpc) is 2.39. The van der Waals surface area contributed by atoms with Gasteiger partial charge >= 0.3 is 0 Å². The molecular weight excluding hydrogens is 284 g/mol. The molecule has 1 unspecified atom stereocenters. The number of nitrogens with one attached hydrogen (secondary N) is 1. The van der Waals surface area contributed by atoms with E-state index >= 15 is 0 Å². The second-order valence-electron chi connectivity index (χ2n) is 4.27. The summed E-state index contributed by atoms with van der Waals surface area (Å²) in [6.45, 7) is 0. The molecule has 0 aromatic heterocycles. The summed E-state index contributed by atoms with van der Waals surface area (Å²) in [7, 11) is 1.81. The molecule has 0 bridgehead atoms. The van der Waals surface area contributed by atoms with Crippen LogP contribution in [0.5, 0.6) is 0 Å². The van der Waals surface area contributed by atoms with Crippen LogP contribution in [-0.2, 0) is 6.42 Å². The van der Waals surface area contributed by atoms with Crippen LogP contribution in [0.4, 0.5) is 4.39 Å². The van der Waals surface area contributed by atoms with Crippen molar-refractivity contribution in [3.05, 3.63) is 69.5 Å². The van der Waals surface area contributed by atoms with Gasteiger partial charge in [-0.3, -0.25) is 0 Å². The van der Waals surface area contributed by atoms with Crippen LogP contribution in [0.3, 0.4) is 0 Å². The van der Waals surface area contributed by atoms with Gasteiger partial charge in [-0.15, -0.1) is 0 Å². The minimum atomic E-state index is -0.217. The van der Waals surface area contributed by atoms with Gasteiger partial charge in [0.15, 0.2) is 0 Å². The quantitative estimate of drug-likeness (QED) is 0.867. The summed E-state index contributed by atoms with van der Waals surface area (Å²) in [6.07, 6.45) is 0.493. The number of hydrogen-bond donors (Lipinski definition) is 1. The number of rotatable bonds is 4. The lowest BCUT2D eigenvalue weighted by Gasteiger charge is -2.19. The van der Waals surface area contributed by atoms with Crippen LogP contribution in [0.2, 0.25) is 10.0 Å². The predicted molar refractivity (Wildman–Crippen MR) is 78.4 cm³/mol. The molecule has 1 nitrogen and oxygen atoms in total. The van der Waals surface area contributed by atoms with Crippen molar-refractivity contribution in [3.63, 3.8) is 0 Å². The first-order valence-corrected chi connectivity index (χ1v) is 6.73. The van der Waals surface area contributed by atoms with E-state index in [1.165, 1.54) is 6.07 Å². The van der Waals surface area contributed by atoms with Gasteiger partial charge in [-0.2, -0.15) is 0 Å². The number of hydrogen-bond acceptors (Lipinski definition) is 1. The summed E-state index contributed by atoms with van der Waals surface area (Å²) in [6, 6.07) is 12.0. The monoisotopic (exact) mass is 297 g/mol. The Labute approximate surface area is 122 Å². The van der Waals surface area contributed by atoms with Gasteiger partial charge in [-0.05, 0) is 37.2 Å². The van der Waals surface area contributed by atoms with Crippen molar-refractivity contribution in [1.29, 1.82) is 0 Å². The first-order chi connectivity index (χ1) is 9.13. The summed E-state index contributed by atoms with van der Waals surface area (Å²) in [5.74, 6) is -0.217. The molecule has 2 aromatic rings. The summed E-state index contributed by atoms with van der Waals surface area (Å²) in [5, 5.41) is 4.31. The Morgan fingerprint density at radius 2 is 1.68 bits per heavy atom. The Morgan fingerprint density at radius 3 is 2.26 bits per heavy atom. The van der Waals surface area contributed by atoms with Gasteiger partial charge in [0.1, 0.15) is 5.82 Å². The molecule has 0 aliphatic carbocycles. The summed E-state index contributed by atoms with van der Waals surface area (Å²) in [4.78, 5) is 0. The molecule has 2 rings (SSSR count). The molecule has 0 saturated heterocycles. The molecule has 0 aliphatic heterocycles. The Hall–Kier alpha value is -1.09. The highest BCUT2D eigenvalue weighted by atomic mass is 35.5. The third kappa shape index (κ3) is 3.27. The van der Waals surface area contributed by atoms with Gasteiger partial charge in [-0.25, -0.2) is 4.39 Å². The van der Waals surface area contributed by atoms with Crippen molar-refractivity contribution in [2.75, 3.05) is 7.05 Å². The van der Waals surface area contributed by atoms with Crippen LogP contribution in [0.15, 0.2) is 42.5 Å². The van der Waals surface area contributed by atoms with E-state index in [0.29, 0.717) is 22.0 Å². The third-order valence-corrected chi connectivity index (χ3v) is 3.74. The molecule has 1 N–H and O–H groups in total. The van der Waals surface area contributed by atoms with Crippen molar-refractivity contribution in [1.82, 2.24) is 5.32 Å². The average molecular weight is 298 g/mol. The zero-order chi connectivity index (χ0) is 13.8. The Kier molecular flexibility index (Phi) is 4.81. The molecule has 1 atom stereocenters. The highest BCUT2D eigenvalue weighted by Crippen LogP contribution is 2.32. The Balaban J connectivity index is 2.34. The van der Waals surface area contributed by atoms with Crippen LogP contribution >= 0.6 is 23.2 Å². The largest absolute Gasteiger partial charge is 0.313 e. The van der Waals surface area contributed by atoms with Crippen molar-refractivity contribution in [2.24, 2.45) is 0 Å². The highest BCUT2D eigenvalue weighted by molar-refractivity contribution is 6.36. The van der Waals surface area contributed by atoms with Gasteiger partial charge in [0.05, 0.1) is 0 Å². The predicted octanol–water partition coefficient (Wildman–Crippen LogP) is 4.64. The fourth-order valence-electron chi connectivity index (χ4n) is 2.08. The molecule has 0 aliphatic rings. The molecule has 2 aromatic carbocycles. The van der Waals surface area contributed by atoms with Gasteiger partial charge in [0, 0.05) is 21.7 Å². The summed E-state index contributed by atoms with van der Waals surface area (Å²) < 4.78 is 13.7. The fraction of sp³-hybridized carbons (Fsp3) is 0.200. The molecule has 0 heterocycles. The SMILES string of the molecule is CNC(Cc1ccccc1F)c1c(Cl)cccc1Cl. The number of halogens is 3. The molecule has 0 fully saturated rings. The zero-order valence-corrected chi connectivity index (χ0v) is 12.0. The van der Waals surface area contributed by atoms with E-state index in [-0.39, 0.29) is 11.9 Å². The van der Waals surface area contributed by atoms with E-state index in [1.54, 1.807) is 30.3 Å². The van der Waals surface area contributed by atoms with Crippen molar-refractivity contribution in [2.45, 2.75) is 12.5 Å². The van der Waals surface area contributed by atoms with E-state index in [2.05, 4.69) is 5.32 Å². The van der Waals surface area contributed by atoms with Crippen LogP contribution in [0, 0.1) is 5.82 Å². The second kappa shape index (κ2) is 6.38. The summed E-state index contributed by atoms with van der Waals surface area (Å²) >= 11 is 12.4. The highest BCUT2D eigenvalue weighted by Gasteiger charge is 2.18. The van der Waals surface area contributed by atoms with Gasteiger partial charge in [0.2, 0.25) is 0 Å². The van der Waals surface area contributed by atoms with E-state index in [9.17, 15) is 4.39 Å². The maximum absolute atomic E-state index is 13.7. The standard InChI is InChI=1S/C15H14Cl2FN/c1-19-14(9-10-5-2-3-8-13(10)18)15-11(16)6-4-7-12(15)17/h2-8,14,19H,9H2,1H3. The topological polar surface area (TPSA) is 12.0 Å². The first kappa shape index (κ1) is 14.3. The minimum Gasteiger partial charge on any atom is -0.313 e. The van der Waals surface area contributed by atoms with Gasteiger partial charge in [0.25, 0.3) is 0 Å². The molecule has 0 amide bonds. The lowest BCUT2D eigenvalue weighted by molar-refractivity contribution is 0.554. The van der Waals surface area contributed by atoms with Gasteiger partial charge in [-0.1, -0.05) is 47.5 Å². The Bertz CT molecular complexity index is 552. The zero-order valence-electron chi connectivity index (χ0n) is 10.5. The molecule has 4 heteroatoms. The lowest BCUT2D eigenvalue weighted by Crippen LogP contribution is -2.20. The van der Waals surface area contributed by atoms with Crippen molar-refractivity contribution < 1.29 is 4.39 Å². The van der Waals surface area contributed by atoms with E-state index in [0.717, 1.165) is 5.56 Å². The van der Waals surface area contributed by atoms with E-state index in [1.807, 2.05) is 13.1 Å².